The lowest BCUT2D eigenvalue weighted by Gasteiger charge is -2.30. The molecule has 0 saturated carbocycles. The number of hydrogen-bond donors (Lipinski definition) is 1. The van der Waals surface area contributed by atoms with Crippen LogP contribution in [0.4, 0.5) is 8.78 Å². The molecule has 1 aliphatic rings. The van der Waals surface area contributed by atoms with E-state index in [-0.39, 0.29) is 17.4 Å². The highest BCUT2D eigenvalue weighted by Gasteiger charge is 2.27. The van der Waals surface area contributed by atoms with Crippen molar-refractivity contribution in [2.45, 2.75) is 12.8 Å². The molecule has 0 atom stereocenters. The van der Waals surface area contributed by atoms with Gasteiger partial charge in [-0.05, 0) is 25.0 Å². The van der Waals surface area contributed by atoms with E-state index in [9.17, 15) is 18.4 Å². The van der Waals surface area contributed by atoms with Gasteiger partial charge in [0.05, 0.1) is 5.56 Å². The average Bonchev–Trinajstić information content (AvgIpc) is 2.38. The van der Waals surface area contributed by atoms with Gasteiger partial charge in [-0.2, -0.15) is 0 Å². The number of likely N-dealkylation sites (tertiary alicyclic amines) is 1. The van der Waals surface area contributed by atoms with Crippen LogP contribution in [0.15, 0.2) is 18.2 Å². The number of benzene rings is 1. The van der Waals surface area contributed by atoms with Crippen molar-refractivity contribution in [1.82, 2.24) is 4.90 Å². The predicted octanol–water partition coefficient (Wildman–Crippen LogP) is 1.30. The van der Waals surface area contributed by atoms with Crippen LogP contribution in [-0.2, 0) is 4.79 Å². The molecule has 1 aromatic rings. The number of nitrogens with zero attached hydrogens (tertiary/aromatic N) is 1. The lowest BCUT2D eigenvalue weighted by molar-refractivity contribution is -0.123. The summed E-state index contributed by atoms with van der Waals surface area (Å²) in [6.07, 6.45) is 0.952. The van der Waals surface area contributed by atoms with Crippen molar-refractivity contribution in [1.29, 1.82) is 0 Å². The number of carbonyl (C=O) groups is 2. The van der Waals surface area contributed by atoms with Crippen LogP contribution in [0.3, 0.4) is 0 Å². The Morgan fingerprint density at radius 1 is 1.21 bits per heavy atom. The molecule has 0 unspecified atom stereocenters. The zero-order valence-electron chi connectivity index (χ0n) is 10.2. The van der Waals surface area contributed by atoms with Gasteiger partial charge in [-0.1, -0.05) is 0 Å². The fourth-order valence-corrected chi connectivity index (χ4v) is 2.20. The molecule has 2 amide bonds. The van der Waals surface area contributed by atoms with Crippen LogP contribution in [0.2, 0.25) is 0 Å². The van der Waals surface area contributed by atoms with Gasteiger partial charge < -0.3 is 10.6 Å². The molecule has 0 bridgehead atoms. The van der Waals surface area contributed by atoms with Crippen molar-refractivity contribution in [3.8, 4) is 0 Å². The molecule has 19 heavy (non-hydrogen) atoms. The van der Waals surface area contributed by atoms with Crippen molar-refractivity contribution in [2.24, 2.45) is 11.7 Å². The van der Waals surface area contributed by atoms with E-state index in [4.69, 9.17) is 5.73 Å². The van der Waals surface area contributed by atoms with Crippen LogP contribution in [0, 0.1) is 17.6 Å². The number of hydrogen-bond acceptors (Lipinski definition) is 2. The molecule has 6 heteroatoms. The molecule has 2 rings (SSSR count). The number of primary amides is 1. The van der Waals surface area contributed by atoms with Crippen LogP contribution < -0.4 is 5.73 Å². The Morgan fingerprint density at radius 2 is 1.84 bits per heavy atom. The van der Waals surface area contributed by atoms with Gasteiger partial charge in [0.1, 0.15) is 11.6 Å². The number of halogens is 2. The Hall–Kier alpha value is -1.98. The second-order valence-electron chi connectivity index (χ2n) is 4.59. The molecule has 1 aliphatic heterocycles. The van der Waals surface area contributed by atoms with E-state index in [1.807, 2.05) is 0 Å². The zero-order valence-corrected chi connectivity index (χ0v) is 10.2. The van der Waals surface area contributed by atoms with Crippen LogP contribution in [-0.4, -0.2) is 29.8 Å². The minimum Gasteiger partial charge on any atom is -0.369 e. The van der Waals surface area contributed by atoms with Gasteiger partial charge >= 0.3 is 0 Å². The van der Waals surface area contributed by atoms with Crippen LogP contribution in [0.25, 0.3) is 0 Å². The molecule has 0 spiro atoms. The molecule has 1 aromatic carbocycles. The standard InChI is InChI=1S/C13H14F2N2O2/c14-9-1-2-10(11(15)7-9)13(19)17-5-3-8(4-6-17)12(16)18/h1-2,7-8H,3-6H2,(H2,16,18). The van der Waals surface area contributed by atoms with Crippen molar-refractivity contribution in [3.05, 3.63) is 35.4 Å². The topological polar surface area (TPSA) is 63.4 Å². The van der Waals surface area contributed by atoms with E-state index in [2.05, 4.69) is 0 Å². The second-order valence-corrected chi connectivity index (χ2v) is 4.59. The molecule has 102 valence electrons. The molecule has 1 heterocycles. The van der Waals surface area contributed by atoms with Crippen molar-refractivity contribution < 1.29 is 18.4 Å². The maximum atomic E-state index is 13.5. The maximum Gasteiger partial charge on any atom is 0.256 e. The van der Waals surface area contributed by atoms with E-state index in [0.29, 0.717) is 32.0 Å². The molecular formula is C13H14F2N2O2. The molecule has 0 aromatic heterocycles. The Morgan fingerprint density at radius 3 is 2.37 bits per heavy atom. The molecule has 1 saturated heterocycles. The molecule has 1 fully saturated rings. The summed E-state index contributed by atoms with van der Waals surface area (Å²) in [6.45, 7) is 0.701. The summed E-state index contributed by atoms with van der Waals surface area (Å²) in [5.41, 5.74) is 5.04. The third-order valence-corrected chi connectivity index (χ3v) is 3.35. The zero-order chi connectivity index (χ0) is 14.0. The minimum absolute atomic E-state index is 0.154. The molecule has 0 radical (unpaired) electrons. The average molecular weight is 268 g/mol. The highest BCUT2D eigenvalue weighted by Crippen LogP contribution is 2.20. The first-order valence-corrected chi connectivity index (χ1v) is 6.02. The van der Waals surface area contributed by atoms with Gasteiger partial charge in [-0.15, -0.1) is 0 Å². The maximum absolute atomic E-state index is 13.5. The van der Waals surface area contributed by atoms with Crippen LogP contribution in [0.5, 0.6) is 0 Å². The van der Waals surface area contributed by atoms with E-state index < -0.39 is 17.5 Å². The summed E-state index contributed by atoms with van der Waals surface area (Å²) in [5, 5.41) is 0. The summed E-state index contributed by atoms with van der Waals surface area (Å²) in [6, 6.07) is 2.86. The third-order valence-electron chi connectivity index (χ3n) is 3.35. The largest absolute Gasteiger partial charge is 0.369 e. The quantitative estimate of drug-likeness (QED) is 0.878. The first-order valence-electron chi connectivity index (χ1n) is 6.02. The van der Waals surface area contributed by atoms with Gasteiger partial charge in [0.15, 0.2) is 0 Å². The molecule has 2 N–H and O–H groups in total. The number of piperidine rings is 1. The number of amides is 2. The monoisotopic (exact) mass is 268 g/mol. The van der Waals surface area contributed by atoms with Crippen molar-refractivity contribution >= 4 is 11.8 Å². The molecule has 0 aliphatic carbocycles. The lowest BCUT2D eigenvalue weighted by Crippen LogP contribution is -2.42. The van der Waals surface area contributed by atoms with Gasteiger partial charge in [-0.25, -0.2) is 8.78 Å². The van der Waals surface area contributed by atoms with Gasteiger partial charge in [0.2, 0.25) is 5.91 Å². The van der Waals surface area contributed by atoms with Gasteiger partial charge in [0, 0.05) is 25.1 Å². The Balaban J connectivity index is 2.07. The summed E-state index contributed by atoms with van der Waals surface area (Å²) in [4.78, 5) is 24.5. The smallest absolute Gasteiger partial charge is 0.256 e. The fraction of sp³-hybridized carbons (Fsp3) is 0.385. The minimum atomic E-state index is -0.873. The van der Waals surface area contributed by atoms with E-state index in [1.165, 1.54) is 4.90 Å². The van der Waals surface area contributed by atoms with E-state index in [1.54, 1.807) is 0 Å². The number of carbonyl (C=O) groups excluding carboxylic acids is 2. The fourth-order valence-electron chi connectivity index (χ4n) is 2.20. The summed E-state index contributed by atoms with van der Waals surface area (Å²) < 4.78 is 26.3. The first kappa shape index (κ1) is 13.5. The summed E-state index contributed by atoms with van der Waals surface area (Å²) in [7, 11) is 0. The van der Waals surface area contributed by atoms with E-state index in [0.717, 1.165) is 12.1 Å². The molecule has 4 nitrogen and oxygen atoms in total. The van der Waals surface area contributed by atoms with Gasteiger partial charge in [0.25, 0.3) is 5.91 Å². The first-order chi connectivity index (χ1) is 8.99. The van der Waals surface area contributed by atoms with Crippen LogP contribution in [0.1, 0.15) is 23.2 Å². The van der Waals surface area contributed by atoms with Crippen LogP contribution >= 0.6 is 0 Å². The highest BCUT2D eigenvalue weighted by molar-refractivity contribution is 5.94. The third kappa shape index (κ3) is 2.89. The Bertz CT molecular complexity index is 511. The second kappa shape index (κ2) is 5.34. The normalized spacial score (nSPS) is 16.4. The Kier molecular flexibility index (Phi) is 3.78. The number of rotatable bonds is 2. The summed E-state index contributed by atoms with van der Waals surface area (Å²) >= 11 is 0. The Labute approximate surface area is 109 Å². The van der Waals surface area contributed by atoms with Crippen molar-refractivity contribution in [3.63, 3.8) is 0 Å². The highest BCUT2D eigenvalue weighted by atomic mass is 19.1. The molecular weight excluding hydrogens is 254 g/mol. The SMILES string of the molecule is NC(=O)C1CCN(C(=O)c2ccc(F)cc2F)CC1. The van der Waals surface area contributed by atoms with Crippen molar-refractivity contribution in [2.75, 3.05) is 13.1 Å². The van der Waals surface area contributed by atoms with Gasteiger partial charge in [-0.3, -0.25) is 9.59 Å². The summed E-state index contributed by atoms with van der Waals surface area (Å²) in [5.74, 6) is -2.69. The van der Waals surface area contributed by atoms with E-state index >= 15 is 0 Å². The lowest BCUT2D eigenvalue weighted by atomic mass is 9.96. The number of nitrogens with two attached hydrogens (primary N) is 1. The predicted molar refractivity (Wildman–Crippen MR) is 64.2 cm³/mol.